The molecule has 6 heteroatoms. The smallest absolute Gasteiger partial charge is 0.166 e. The first-order chi connectivity index (χ1) is 9.33. The Morgan fingerprint density at radius 2 is 2.26 bits per heavy atom. The van der Waals surface area contributed by atoms with Crippen LogP contribution >= 0.6 is 11.8 Å². The van der Waals surface area contributed by atoms with Gasteiger partial charge in [0.2, 0.25) is 0 Å². The summed E-state index contributed by atoms with van der Waals surface area (Å²) in [6, 6.07) is 5.87. The van der Waals surface area contributed by atoms with Gasteiger partial charge in [0.15, 0.2) is 5.16 Å². The van der Waals surface area contributed by atoms with E-state index in [1.807, 2.05) is 25.1 Å². The van der Waals surface area contributed by atoms with E-state index in [2.05, 4.69) is 9.97 Å². The Bertz CT molecular complexity index is 516. The molecule has 2 rings (SSSR count). The lowest BCUT2D eigenvalue weighted by Gasteiger charge is -2.00. The standard InChI is InChI=1S/C13H19N3O2S/c1-2-18-10-3-4-11-12(9-10)16-13(15-11)19-8-7-17-6-5-14/h3-4,9H,2,5-8,14H2,1H3,(H,15,16). The molecule has 0 aliphatic carbocycles. The Balaban J connectivity index is 1.93. The highest BCUT2D eigenvalue weighted by atomic mass is 32.2. The number of hydrogen-bond donors (Lipinski definition) is 2. The monoisotopic (exact) mass is 281 g/mol. The molecule has 0 aliphatic heterocycles. The number of H-pyrrole nitrogens is 1. The van der Waals surface area contributed by atoms with Gasteiger partial charge < -0.3 is 20.2 Å². The van der Waals surface area contributed by atoms with Crippen molar-refractivity contribution in [3.63, 3.8) is 0 Å². The van der Waals surface area contributed by atoms with Crippen molar-refractivity contribution in [2.75, 3.05) is 32.1 Å². The highest BCUT2D eigenvalue weighted by Crippen LogP contribution is 2.23. The fourth-order valence-electron chi connectivity index (χ4n) is 1.67. The van der Waals surface area contributed by atoms with Gasteiger partial charge >= 0.3 is 0 Å². The molecule has 0 amide bonds. The fraction of sp³-hybridized carbons (Fsp3) is 0.462. The summed E-state index contributed by atoms with van der Waals surface area (Å²) in [6.07, 6.45) is 0. The van der Waals surface area contributed by atoms with Gasteiger partial charge in [0.25, 0.3) is 0 Å². The van der Waals surface area contributed by atoms with Crippen LogP contribution in [-0.4, -0.2) is 42.1 Å². The fourth-order valence-corrected chi connectivity index (χ4v) is 2.41. The zero-order valence-corrected chi connectivity index (χ0v) is 11.8. The first-order valence-electron chi connectivity index (χ1n) is 6.36. The summed E-state index contributed by atoms with van der Waals surface area (Å²) < 4.78 is 10.8. The van der Waals surface area contributed by atoms with Crippen molar-refractivity contribution in [3.8, 4) is 5.75 Å². The number of aromatic nitrogens is 2. The Kier molecular flexibility index (Phi) is 5.50. The maximum atomic E-state index is 5.46. The van der Waals surface area contributed by atoms with Crippen LogP contribution in [0.2, 0.25) is 0 Å². The normalized spacial score (nSPS) is 11.1. The third-order valence-electron chi connectivity index (χ3n) is 2.47. The molecule has 1 heterocycles. The van der Waals surface area contributed by atoms with E-state index in [1.54, 1.807) is 11.8 Å². The molecule has 0 saturated heterocycles. The molecule has 0 aliphatic rings. The third-order valence-corrected chi connectivity index (χ3v) is 3.31. The number of fused-ring (bicyclic) bond motifs is 1. The number of hydrogen-bond acceptors (Lipinski definition) is 5. The Hall–Kier alpha value is -1.24. The first-order valence-corrected chi connectivity index (χ1v) is 7.35. The van der Waals surface area contributed by atoms with Crippen molar-refractivity contribution in [1.82, 2.24) is 9.97 Å². The molecule has 2 aromatic rings. The maximum Gasteiger partial charge on any atom is 0.166 e. The average Bonchev–Trinajstić information content (AvgIpc) is 2.81. The Morgan fingerprint density at radius 1 is 1.37 bits per heavy atom. The van der Waals surface area contributed by atoms with Crippen molar-refractivity contribution >= 4 is 22.8 Å². The predicted octanol–water partition coefficient (Wildman–Crippen LogP) is 2.03. The van der Waals surface area contributed by atoms with Gasteiger partial charge in [-0.1, -0.05) is 11.8 Å². The van der Waals surface area contributed by atoms with Crippen LogP contribution < -0.4 is 10.5 Å². The van der Waals surface area contributed by atoms with Gasteiger partial charge in [0, 0.05) is 18.4 Å². The minimum Gasteiger partial charge on any atom is -0.494 e. The second kappa shape index (κ2) is 7.37. The van der Waals surface area contributed by atoms with Crippen LogP contribution in [-0.2, 0) is 4.74 Å². The quantitative estimate of drug-likeness (QED) is 0.572. The van der Waals surface area contributed by atoms with Crippen LogP contribution in [0, 0.1) is 0 Å². The lowest BCUT2D eigenvalue weighted by Crippen LogP contribution is -2.09. The molecular formula is C13H19N3O2S. The number of thioether (sulfide) groups is 1. The molecule has 0 bridgehead atoms. The summed E-state index contributed by atoms with van der Waals surface area (Å²) in [4.78, 5) is 7.78. The lowest BCUT2D eigenvalue weighted by atomic mass is 10.3. The van der Waals surface area contributed by atoms with Crippen LogP contribution in [0.15, 0.2) is 23.4 Å². The van der Waals surface area contributed by atoms with E-state index in [9.17, 15) is 0 Å². The largest absolute Gasteiger partial charge is 0.494 e. The number of ether oxygens (including phenoxy) is 2. The summed E-state index contributed by atoms with van der Waals surface area (Å²) in [5.74, 6) is 1.72. The van der Waals surface area contributed by atoms with Crippen LogP contribution in [0.25, 0.3) is 11.0 Å². The zero-order chi connectivity index (χ0) is 13.5. The van der Waals surface area contributed by atoms with Gasteiger partial charge in [-0.15, -0.1) is 0 Å². The van der Waals surface area contributed by atoms with Crippen molar-refractivity contribution in [2.24, 2.45) is 5.73 Å². The average molecular weight is 281 g/mol. The van der Waals surface area contributed by atoms with E-state index in [1.165, 1.54) is 0 Å². The molecule has 0 fully saturated rings. The molecule has 0 saturated carbocycles. The number of rotatable bonds is 8. The third kappa shape index (κ3) is 4.12. The SMILES string of the molecule is CCOc1ccc2nc(SCCOCCN)[nH]c2c1. The summed E-state index contributed by atoms with van der Waals surface area (Å²) >= 11 is 1.64. The van der Waals surface area contributed by atoms with Crippen LogP contribution in [0.1, 0.15) is 6.92 Å². The number of benzene rings is 1. The van der Waals surface area contributed by atoms with E-state index in [0.717, 1.165) is 27.7 Å². The van der Waals surface area contributed by atoms with Crippen molar-refractivity contribution in [2.45, 2.75) is 12.1 Å². The van der Waals surface area contributed by atoms with Gasteiger partial charge in [-0.05, 0) is 19.1 Å². The highest BCUT2D eigenvalue weighted by Gasteiger charge is 2.04. The molecular weight excluding hydrogens is 262 g/mol. The predicted molar refractivity (Wildman–Crippen MR) is 77.9 cm³/mol. The van der Waals surface area contributed by atoms with E-state index in [4.69, 9.17) is 15.2 Å². The molecule has 0 unspecified atom stereocenters. The summed E-state index contributed by atoms with van der Waals surface area (Å²) in [7, 11) is 0. The second-order valence-electron chi connectivity index (χ2n) is 3.90. The van der Waals surface area contributed by atoms with Crippen molar-refractivity contribution in [1.29, 1.82) is 0 Å². The number of nitrogens with one attached hydrogen (secondary N) is 1. The molecule has 1 aromatic carbocycles. The highest BCUT2D eigenvalue weighted by molar-refractivity contribution is 7.99. The second-order valence-corrected chi connectivity index (χ2v) is 4.99. The van der Waals surface area contributed by atoms with Crippen molar-refractivity contribution in [3.05, 3.63) is 18.2 Å². The first kappa shape index (κ1) is 14.2. The number of nitrogens with zero attached hydrogens (tertiary/aromatic N) is 1. The van der Waals surface area contributed by atoms with Gasteiger partial charge in [-0.25, -0.2) is 4.98 Å². The van der Waals surface area contributed by atoms with E-state index < -0.39 is 0 Å². The molecule has 19 heavy (non-hydrogen) atoms. The Labute approximate surface area is 116 Å². The van der Waals surface area contributed by atoms with Gasteiger partial charge in [0.05, 0.1) is 30.9 Å². The maximum absolute atomic E-state index is 5.46. The van der Waals surface area contributed by atoms with E-state index >= 15 is 0 Å². The van der Waals surface area contributed by atoms with Gasteiger partial charge in [0.1, 0.15) is 5.75 Å². The number of imidazole rings is 1. The van der Waals surface area contributed by atoms with Crippen LogP contribution in [0.5, 0.6) is 5.75 Å². The number of nitrogens with two attached hydrogens (primary N) is 1. The molecule has 104 valence electrons. The summed E-state index contributed by atoms with van der Waals surface area (Å²) in [5, 5.41) is 0.903. The minimum absolute atomic E-state index is 0.565. The van der Waals surface area contributed by atoms with E-state index in [-0.39, 0.29) is 0 Å². The molecule has 5 nitrogen and oxygen atoms in total. The Morgan fingerprint density at radius 3 is 3.05 bits per heavy atom. The molecule has 3 N–H and O–H groups in total. The van der Waals surface area contributed by atoms with Gasteiger partial charge in [-0.3, -0.25) is 0 Å². The van der Waals surface area contributed by atoms with Crippen LogP contribution in [0.3, 0.4) is 0 Å². The van der Waals surface area contributed by atoms with Crippen molar-refractivity contribution < 1.29 is 9.47 Å². The molecule has 1 aromatic heterocycles. The van der Waals surface area contributed by atoms with E-state index in [0.29, 0.717) is 26.4 Å². The summed E-state index contributed by atoms with van der Waals surface area (Å²) in [5.41, 5.74) is 7.30. The minimum atomic E-state index is 0.565. The zero-order valence-electron chi connectivity index (χ0n) is 11.0. The topological polar surface area (TPSA) is 73.2 Å². The molecule has 0 atom stereocenters. The lowest BCUT2D eigenvalue weighted by molar-refractivity contribution is 0.158. The summed E-state index contributed by atoms with van der Waals surface area (Å²) in [6.45, 7) is 4.50. The van der Waals surface area contributed by atoms with Gasteiger partial charge in [-0.2, -0.15) is 0 Å². The molecule has 0 radical (unpaired) electrons. The number of aromatic amines is 1. The molecule has 0 spiro atoms. The van der Waals surface area contributed by atoms with Crippen LogP contribution in [0.4, 0.5) is 0 Å².